The van der Waals surface area contributed by atoms with Crippen LogP contribution in [0.1, 0.15) is 57.4 Å². The van der Waals surface area contributed by atoms with Crippen molar-refractivity contribution in [3.8, 4) is 11.3 Å². The molecule has 1 saturated heterocycles. The number of aliphatic hydroxyl groups excluding tert-OH is 1. The molecule has 2 fully saturated rings. The Morgan fingerprint density at radius 1 is 1.12 bits per heavy atom. The van der Waals surface area contributed by atoms with Gasteiger partial charge in [-0.15, -0.1) is 0 Å². The lowest BCUT2D eigenvalue weighted by atomic mass is 9.93. The van der Waals surface area contributed by atoms with Crippen LogP contribution in [0, 0.1) is 5.92 Å². The summed E-state index contributed by atoms with van der Waals surface area (Å²) in [5, 5.41) is 19.0. The van der Waals surface area contributed by atoms with Crippen LogP contribution >= 0.6 is 0 Å². The number of nitrogens with one attached hydrogen (secondary N) is 3. The Hall–Kier alpha value is -3.07. The van der Waals surface area contributed by atoms with E-state index in [-0.39, 0.29) is 36.3 Å². The average Bonchev–Trinajstić information content (AvgIpc) is 3.13. The molecule has 2 aliphatic rings. The molecule has 2 amide bonds. The molecular weight excluding hydrogens is 420 g/mol. The Labute approximate surface area is 193 Å². The van der Waals surface area contributed by atoms with Crippen LogP contribution in [0.25, 0.3) is 11.3 Å². The lowest BCUT2D eigenvalue weighted by Gasteiger charge is -2.27. The van der Waals surface area contributed by atoms with Crippen LogP contribution < -0.4 is 16.0 Å². The molecule has 0 spiro atoms. The fourth-order valence-corrected chi connectivity index (χ4v) is 4.32. The first-order valence-corrected chi connectivity index (χ1v) is 11.9. The van der Waals surface area contributed by atoms with E-state index in [1.807, 2.05) is 12.1 Å². The van der Waals surface area contributed by atoms with Gasteiger partial charge in [0.25, 0.3) is 0 Å². The highest BCUT2D eigenvalue weighted by Gasteiger charge is 2.30. The van der Waals surface area contributed by atoms with E-state index in [1.54, 1.807) is 12.4 Å². The summed E-state index contributed by atoms with van der Waals surface area (Å²) >= 11 is 0. The van der Waals surface area contributed by atoms with E-state index in [2.05, 4.69) is 32.8 Å². The van der Waals surface area contributed by atoms with Crippen molar-refractivity contribution in [2.75, 3.05) is 17.2 Å². The van der Waals surface area contributed by atoms with Gasteiger partial charge in [0, 0.05) is 31.4 Å². The minimum atomic E-state index is -0.333. The van der Waals surface area contributed by atoms with Gasteiger partial charge < -0.3 is 15.7 Å². The Kier molecular flexibility index (Phi) is 7.49. The van der Waals surface area contributed by atoms with E-state index in [4.69, 9.17) is 4.98 Å². The van der Waals surface area contributed by atoms with Crippen LogP contribution in [-0.4, -0.2) is 50.6 Å². The van der Waals surface area contributed by atoms with Crippen LogP contribution in [0.4, 0.5) is 11.8 Å². The molecule has 0 aromatic carbocycles. The lowest BCUT2D eigenvalue weighted by molar-refractivity contribution is -0.125. The molecule has 1 aliphatic heterocycles. The molecule has 9 heteroatoms. The zero-order chi connectivity index (χ0) is 23.2. The zero-order valence-electron chi connectivity index (χ0n) is 19.0. The maximum Gasteiger partial charge on any atom is 0.230 e. The first-order chi connectivity index (χ1) is 16.0. The van der Waals surface area contributed by atoms with Crippen LogP contribution in [0.3, 0.4) is 0 Å². The minimum Gasteiger partial charge on any atom is -0.393 e. The van der Waals surface area contributed by atoms with Crippen molar-refractivity contribution < 1.29 is 14.7 Å². The second-order valence-electron chi connectivity index (χ2n) is 8.96. The zero-order valence-corrected chi connectivity index (χ0v) is 19.0. The van der Waals surface area contributed by atoms with Crippen molar-refractivity contribution in [2.24, 2.45) is 5.92 Å². The quantitative estimate of drug-likeness (QED) is 0.338. The highest BCUT2D eigenvalue weighted by molar-refractivity contribution is 6.03. The second kappa shape index (κ2) is 10.7. The standard InChI is InChI=1S/C24H32N6O3/c1-2-3-10-25-24-27-14-19(22(30-24)28-17-5-7-18(31)8-6-17)20-9-4-15(13-26-20)11-16-12-21(32)29-23(16)33/h4,9,13-14,16-18,31H,2-3,5-8,10-12H2,1H3,(H,29,32,33)(H2,25,27,28,30). The Balaban J connectivity index is 1.52. The molecule has 9 nitrogen and oxygen atoms in total. The summed E-state index contributed by atoms with van der Waals surface area (Å²) in [6.45, 7) is 2.96. The van der Waals surface area contributed by atoms with E-state index in [1.165, 1.54) is 0 Å². The summed E-state index contributed by atoms with van der Waals surface area (Å²) in [7, 11) is 0. The largest absolute Gasteiger partial charge is 0.393 e. The summed E-state index contributed by atoms with van der Waals surface area (Å²) in [4.78, 5) is 37.1. The van der Waals surface area contributed by atoms with Crippen molar-refractivity contribution in [1.82, 2.24) is 20.3 Å². The lowest BCUT2D eigenvalue weighted by Crippen LogP contribution is -2.29. The number of aliphatic hydroxyl groups is 1. The van der Waals surface area contributed by atoms with Gasteiger partial charge in [-0.3, -0.25) is 19.9 Å². The van der Waals surface area contributed by atoms with Crippen LogP contribution in [0.2, 0.25) is 0 Å². The molecule has 4 N–H and O–H groups in total. The van der Waals surface area contributed by atoms with Gasteiger partial charge in [-0.05, 0) is 50.2 Å². The number of aromatic nitrogens is 3. The third kappa shape index (κ3) is 6.04. The Bertz CT molecular complexity index is 973. The third-order valence-corrected chi connectivity index (χ3v) is 6.29. The van der Waals surface area contributed by atoms with E-state index in [0.717, 1.165) is 67.7 Å². The molecule has 33 heavy (non-hydrogen) atoms. The molecule has 1 atom stereocenters. The Morgan fingerprint density at radius 3 is 2.61 bits per heavy atom. The number of rotatable bonds is 9. The average molecular weight is 453 g/mol. The highest BCUT2D eigenvalue weighted by atomic mass is 16.3. The number of pyridine rings is 1. The fraction of sp³-hybridized carbons (Fsp3) is 0.542. The van der Waals surface area contributed by atoms with E-state index < -0.39 is 0 Å². The van der Waals surface area contributed by atoms with Gasteiger partial charge in [0.1, 0.15) is 5.82 Å². The van der Waals surface area contributed by atoms with Crippen molar-refractivity contribution in [1.29, 1.82) is 0 Å². The predicted molar refractivity (Wildman–Crippen MR) is 126 cm³/mol. The van der Waals surface area contributed by atoms with Crippen molar-refractivity contribution in [3.05, 3.63) is 30.1 Å². The van der Waals surface area contributed by atoms with Gasteiger partial charge >= 0.3 is 0 Å². The monoisotopic (exact) mass is 452 g/mol. The number of hydrogen-bond acceptors (Lipinski definition) is 8. The van der Waals surface area contributed by atoms with E-state index >= 15 is 0 Å². The molecular formula is C24H32N6O3. The fourth-order valence-electron chi connectivity index (χ4n) is 4.32. The van der Waals surface area contributed by atoms with Crippen LogP contribution in [-0.2, 0) is 16.0 Å². The first kappa shape index (κ1) is 23.1. The van der Waals surface area contributed by atoms with E-state index in [9.17, 15) is 14.7 Å². The number of carbonyl (C=O) groups is 2. The number of imide groups is 1. The number of carbonyl (C=O) groups excluding carboxylic acids is 2. The summed E-state index contributed by atoms with van der Waals surface area (Å²) in [6, 6.07) is 4.08. The van der Waals surface area contributed by atoms with Crippen LogP contribution in [0.15, 0.2) is 24.5 Å². The molecule has 2 aromatic rings. The van der Waals surface area contributed by atoms with Gasteiger partial charge in [-0.25, -0.2) is 4.98 Å². The number of amides is 2. The maximum atomic E-state index is 11.9. The third-order valence-electron chi connectivity index (χ3n) is 6.29. The Morgan fingerprint density at radius 2 is 1.94 bits per heavy atom. The van der Waals surface area contributed by atoms with Gasteiger partial charge in [-0.1, -0.05) is 19.4 Å². The van der Waals surface area contributed by atoms with Gasteiger partial charge in [0.2, 0.25) is 17.8 Å². The molecule has 0 bridgehead atoms. The summed E-state index contributed by atoms with van der Waals surface area (Å²) in [5.74, 6) is 0.546. The molecule has 176 valence electrons. The maximum absolute atomic E-state index is 11.9. The topological polar surface area (TPSA) is 129 Å². The van der Waals surface area contributed by atoms with Gasteiger partial charge in [-0.2, -0.15) is 4.98 Å². The molecule has 3 heterocycles. The van der Waals surface area contributed by atoms with Gasteiger partial charge in [0.15, 0.2) is 0 Å². The molecule has 1 unspecified atom stereocenters. The van der Waals surface area contributed by atoms with Crippen LogP contribution in [0.5, 0.6) is 0 Å². The number of anilines is 2. The van der Waals surface area contributed by atoms with Crippen molar-refractivity contribution >= 4 is 23.6 Å². The number of hydrogen-bond donors (Lipinski definition) is 4. The van der Waals surface area contributed by atoms with Crippen molar-refractivity contribution in [3.63, 3.8) is 0 Å². The molecule has 1 saturated carbocycles. The number of nitrogens with zero attached hydrogens (tertiary/aromatic N) is 3. The first-order valence-electron chi connectivity index (χ1n) is 11.9. The smallest absolute Gasteiger partial charge is 0.230 e. The molecule has 0 radical (unpaired) electrons. The second-order valence-corrected chi connectivity index (χ2v) is 8.96. The van der Waals surface area contributed by atoms with E-state index in [0.29, 0.717) is 12.4 Å². The number of unbranched alkanes of at least 4 members (excludes halogenated alkanes) is 1. The highest BCUT2D eigenvalue weighted by Crippen LogP contribution is 2.29. The molecule has 1 aliphatic carbocycles. The predicted octanol–water partition coefficient (Wildman–Crippen LogP) is 2.67. The molecule has 2 aromatic heterocycles. The summed E-state index contributed by atoms with van der Waals surface area (Å²) < 4.78 is 0. The van der Waals surface area contributed by atoms with Crippen molar-refractivity contribution in [2.45, 2.75) is 70.4 Å². The minimum absolute atomic E-state index is 0.215. The normalized spacial score (nSPS) is 22.8. The summed E-state index contributed by atoms with van der Waals surface area (Å²) in [5.41, 5.74) is 2.45. The van der Waals surface area contributed by atoms with Gasteiger partial charge in [0.05, 0.1) is 23.3 Å². The molecule has 4 rings (SSSR count). The summed E-state index contributed by atoms with van der Waals surface area (Å²) in [6.07, 6.45) is 9.50. The SMILES string of the molecule is CCCCNc1ncc(-c2ccc(CC3CC(=O)NC3=O)cn2)c(NC2CCC(O)CC2)n1.